The van der Waals surface area contributed by atoms with Crippen molar-refractivity contribution in [2.75, 3.05) is 63.9 Å². The average Bonchev–Trinajstić information content (AvgIpc) is 2.90. The first-order valence-electron chi connectivity index (χ1n) is 13.2. The second kappa shape index (κ2) is 12.9. The number of ether oxygens (including phenoxy) is 1. The first-order chi connectivity index (χ1) is 17.8. The summed E-state index contributed by atoms with van der Waals surface area (Å²) in [5, 5.41) is 9.54. The molecule has 2 aromatic carbocycles. The topological polar surface area (TPSA) is 90.4 Å². The van der Waals surface area contributed by atoms with Gasteiger partial charge in [-0.05, 0) is 55.9 Å². The maximum absolute atomic E-state index is 13.4. The van der Waals surface area contributed by atoms with Gasteiger partial charge in [0.1, 0.15) is 0 Å². The molecule has 2 aliphatic heterocycles. The van der Waals surface area contributed by atoms with Gasteiger partial charge in [-0.1, -0.05) is 35.9 Å². The van der Waals surface area contributed by atoms with Crippen LogP contribution in [0.15, 0.2) is 59.5 Å². The highest BCUT2D eigenvalue weighted by Crippen LogP contribution is 2.33. The highest BCUT2D eigenvalue weighted by atomic mass is 32.2. The summed E-state index contributed by atoms with van der Waals surface area (Å²) in [7, 11) is -3.63. The van der Waals surface area contributed by atoms with Gasteiger partial charge in [0, 0.05) is 57.9 Å². The molecule has 2 unspecified atom stereocenters. The standard InChI is InChI=1S/C28H39N3O5S/c1-23-7-9-27(10-8-23)37(34,35)31-14-12-24(21-28(32)33)25(22-31)11-13-30(26-5-3-2-4-6-26)16-15-29-17-19-36-20-18-29/h2-10,24-25H,11-22H2,1H3,(H,32,33). The zero-order valence-electron chi connectivity index (χ0n) is 21.7. The van der Waals surface area contributed by atoms with Crippen LogP contribution in [-0.4, -0.2) is 87.7 Å². The van der Waals surface area contributed by atoms with E-state index >= 15 is 0 Å². The minimum Gasteiger partial charge on any atom is -0.481 e. The Kier molecular flexibility index (Phi) is 9.59. The molecule has 2 saturated heterocycles. The summed E-state index contributed by atoms with van der Waals surface area (Å²) >= 11 is 0. The fourth-order valence-corrected chi connectivity index (χ4v) is 6.87. The Balaban J connectivity index is 1.47. The van der Waals surface area contributed by atoms with Crippen molar-refractivity contribution < 1.29 is 23.1 Å². The predicted molar refractivity (Wildman–Crippen MR) is 144 cm³/mol. The Morgan fingerprint density at radius 2 is 1.70 bits per heavy atom. The van der Waals surface area contributed by atoms with Gasteiger partial charge in [-0.3, -0.25) is 9.69 Å². The molecule has 202 valence electrons. The minimum atomic E-state index is -3.63. The van der Waals surface area contributed by atoms with Crippen LogP contribution in [0.3, 0.4) is 0 Å². The molecule has 2 atom stereocenters. The lowest BCUT2D eigenvalue weighted by Gasteiger charge is -2.39. The Morgan fingerprint density at radius 1 is 1.00 bits per heavy atom. The van der Waals surface area contributed by atoms with E-state index in [1.807, 2.05) is 37.3 Å². The number of morpholine rings is 1. The van der Waals surface area contributed by atoms with Crippen molar-refractivity contribution in [3.8, 4) is 0 Å². The van der Waals surface area contributed by atoms with Gasteiger partial charge in [0.05, 0.1) is 18.1 Å². The minimum absolute atomic E-state index is 0.0281. The number of hydrogen-bond donors (Lipinski definition) is 1. The second-order valence-corrected chi connectivity index (χ2v) is 12.1. The van der Waals surface area contributed by atoms with Crippen molar-refractivity contribution in [3.63, 3.8) is 0 Å². The smallest absolute Gasteiger partial charge is 0.303 e. The van der Waals surface area contributed by atoms with E-state index in [-0.39, 0.29) is 18.3 Å². The first kappa shape index (κ1) is 27.6. The Labute approximate surface area is 220 Å². The van der Waals surface area contributed by atoms with Crippen molar-refractivity contribution >= 4 is 21.7 Å². The number of sulfonamides is 1. The van der Waals surface area contributed by atoms with Crippen LogP contribution in [0.25, 0.3) is 0 Å². The third-order valence-corrected chi connectivity index (χ3v) is 9.51. The second-order valence-electron chi connectivity index (χ2n) is 10.1. The van der Waals surface area contributed by atoms with E-state index in [1.54, 1.807) is 16.4 Å². The van der Waals surface area contributed by atoms with Crippen LogP contribution in [0.1, 0.15) is 24.8 Å². The average molecular weight is 530 g/mol. The van der Waals surface area contributed by atoms with E-state index < -0.39 is 16.0 Å². The third-order valence-electron chi connectivity index (χ3n) is 7.63. The summed E-state index contributed by atoms with van der Waals surface area (Å²) < 4.78 is 33.8. The van der Waals surface area contributed by atoms with Crippen LogP contribution in [0.4, 0.5) is 5.69 Å². The molecule has 0 amide bonds. The summed E-state index contributed by atoms with van der Waals surface area (Å²) in [5.41, 5.74) is 2.14. The highest BCUT2D eigenvalue weighted by Gasteiger charge is 2.36. The summed E-state index contributed by atoms with van der Waals surface area (Å²) in [4.78, 5) is 16.7. The van der Waals surface area contributed by atoms with Gasteiger partial charge in [0.15, 0.2) is 0 Å². The molecule has 0 saturated carbocycles. The van der Waals surface area contributed by atoms with Crippen LogP contribution in [0.5, 0.6) is 0 Å². The number of benzene rings is 2. The highest BCUT2D eigenvalue weighted by molar-refractivity contribution is 7.89. The number of nitrogens with zero attached hydrogens (tertiary/aromatic N) is 3. The molecule has 0 spiro atoms. The van der Waals surface area contributed by atoms with Crippen LogP contribution >= 0.6 is 0 Å². The molecule has 0 aromatic heterocycles. The number of carboxylic acids is 1. The molecule has 1 N–H and O–H groups in total. The molecule has 2 aliphatic rings. The molecule has 8 nitrogen and oxygen atoms in total. The number of hydrogen-bond acceptors (Lipinski definition) is 6. The zero-order chi connectivity index (χ0) is 26.3. The number of piperidine rings is 1. The number of aliphatic carboxylic acids is 1. The molecule has 0 bridgehead atoms. The van der Waals surface area contributed by atoms with Crippen molar-refractivity contribution in [1.29, 1.82) is 0 Å². The third kappa shape index (κ3) is 7.54. The van der Waals surface area contributed by atoms with Crippen molar-refractivity contribution in [3.05, 3.63) is 60.2 Å². The van der Waals surface area contributed by atoms with E-state index in [0.717, 1.165) is 63.6 Å². The molecular weight excluding hydrogens is 490 g/mol. The van der Waals surface area contributed by atoms with Crippen LogP contribution < -0.4 is 4.90 Å². The van der Waals surface area contributed by atoms with Gasteiger partial charge >= 0.3 is 5.97 Å². The molecule has 0 radical (unpaired) electrons. The fourth-order valence-electron chi connectivity index (χ4n) is 5.36. The molecular formula is C28H39N3O5S. The quantitative estimate of drug-likeness (QED) is 0.478. The molecule has 0 aliphatic carbocycles. The Morgan fingerprint density at radius 3 is 2.38 bits per heavy atom. The molecule has 2 heterocycles. The summed E-state index contributed by atoms with van der Waals surface area (Å²) in [6.45, 7) is 8.53. The lowest BCUT2D eigenvalue weighted by atomic mass is 9.82. The lowest BCUT2D eigenvalue weighted by molar-refractivity contribution is -0.138. The van der Waals surface area contributed by atoms with Gasteiger partial charge in [-0.15, -0.1) is 0 Å². The van der Waals surface area contributed by atoms with Gasteiger partial charge in [-0.2, -0.15) is 4.31 Å². The normalized spacial score (nSPS) is 21.5. The van der Waals surface area contributed by atoms with Crippen molar-refractivity contribution in [2.45, 2.75) is 31.1 Å². The van der Waals surface area contributed by atoms with E-state index in [0.29, 0.717) is 24.4 Å². The summed E-state index contributed by atoms with van der Waals surface area (Å²) in [5.74, 6) is -0.893. The van der Waals surface area contributed by atoms with Gasteiger partial charge in [-0.25, -0.2) is 8.42 Å². The van der Waals surface area contributed by atoms with E-state index in [2.05, 4.69) is 21.9 Å². The lowest BCUT2D eigenvalue weighted by Crippen LogP contribution is -2.46. The van der Waals surface area contributed by atoms with Crippen LogP contribution in [-0.2, 0) is 19.6 Å². The Hall–Kier alpha value is -2.46. The monoisotopic (exact) mass is 529 g/mol. The zero-order valence-corrected chi connectivity index (χ0v) is 22.5. The van der Waals surface area contributed by atoms with Crippen LogP contribution in [0.2, 0.25) is 0 Å². The number of aryl methyl sites for hydroxylation is 1. The molecule has 2 fully saturated rings. The predicted octanol–water partition coefficient (Wildman–Crippen LogP) is 3.33. The van der Waals surface area contributed by atoms with Crippen LogP contribution in [0, 0.1) is 18.8 Å². The van der Waals surface area contributed by atoms with Crippen molar-refractivity contribution in [2.24, 2.45) is 11.8 Å². The number of carbonyl (C=O) groups is 1. The van der Waals surface area contributed by atoms with E-state index in [4.69, 9.17) is 4.74 Å². The SMILES string of the molecule is Cc1ccc(S(=O)(=O)N2CCC(CC(=O)O)C(CCN(CCN3CCOCC3)c3ccccc3)C2)cc1. The Bertz CT molecular complexity index is 1100. The summed E-state index contributed by atoms with van der Waals surface area (Å²) in [6, 6.07) is 17.2. The molecule has 4 rings (SSSR count). The molecule has 9 heteroatoms. The first-order valence-corrected chi connectivity index (χ1v) is 14.7. The largest absolute Gasteiger partial charge is 0.481 e. The molecule has 37 heavy (non-hydrogen) atoms. The van der Waals surface area contributed by atoms with E-state index in [1.165, 1.54) is 0 Å². The van der Waals surface area contributed by atoms with Gasteiger partial charge in [0.25, 0.3) is 0 Å². The maximum Gasteiger partial charge on any atom is 0.303 e. The number of rotatable bonds is 11. The summed E-state index contributed by atoms with van der Waals surface area (Å²) in [6.07, 6.45) is 1.36. The number of carboxylic acid groups (broad SMARTS) is 1. The molecule has 2 aromatic rings. The fraction of sp³-hybridized carbons (Fsp3) is 0.536. The number of anilines is 1. The van der Waals surface area contributed by atoms with Gasteiger partial charge in [0.2, 0.25) is 10.0 Å². The van der Waals surface area contributed by atoms with E-state index in [9.17, 15) is 18.3 Å². The van der Waals surface area contributed by atoms with Gasteiger partial charge < -0.3 is 14.7 Å². The maximum atomic E-state index is 13.4. The number of para-hydroxylation sites is 1. The van der Waals surface area contributed by atoms with Crippen molar-refractivity contribution in [1.82, 2.24) is 9.21 Å².